The third-order valence-corrected chi connectivity index (χ3v) is 4.39. The maximum absolute atomic E-state index is 4.11. The van der Waals surface area contributed by atoms with Crippen LogP contribution in [-0.2, 0) is 0 Å². The zero-order valence-electron chi connectivity index (χ0n) is 10.9. The standard InChI is InChI=1S/C13H14N2.C2H6/c1-8-9(11-6-13(11)4-5-13)2-3-12-10(8)7-14-15-12;1-2/h2-3,7,11H,4-6H2,1H3,(H,14,15);1-2H3. The van der Waals surface area contributed by atoms with Crippen LogP contribution < -0.4 is 0 Å². The number of aromatic amines is 1. The van der Waals surface area contributed by atoms with Crippen LogP contribution in [0, 0.1) is 12.3 Å². The summed E-state index contributed by atoms with van der Waals surface area (Å²) < 4.78 is 0. The maximum Gasteiger partial charge on any atom is 0.0653 e. The van der Waals surface area contributed by atoms with E-state index in [1.807, 2.05) is 20.0 Å². The van der Waals surface area contributed by atoms with E-state index in [-0.39, 0.29) is 0 Å². The Bertz CT molecular complexity index is 549. The maximum atomic E-state index is 4.11. The number of nitrogens with zero attached hydrogens (tertiary/aromatic N) is 1. The van der Waals surface area contributed by atoms with Crippen LogP contribution in [0.3, 0.4) is 0 Å². The molecule has 1 unspecified atom stereocenters. The van der Waals surface area contributed by atoms with Gasteiger partial charge in [0.2, 0.25) is 0 Å². The molecule has 0 bridgehead atoms. The molecule has 1 heterocycles. The molecular weight excluding hydrogens is 208 g/mol. The highest BCUT2D eigenvalue weighted by Gasteiger charge is 2.63. The predicted molar refractivity (Wildman–Crippen MR) is 71.2 cm³/mol. The van der Waals surface area contributed by atoms with E-state index in [1.54, 1.807) is 5.56 Å². The monoisotopic (exact) mass is 228 g/mol. The van der Waals surface area contributed by atoms with Crippen molar-refractivity contribution in [1.29, 1.82) is 0 Å². The summed E-state index contributed by atoms with van der Waals surface area (Å²) in [6, 6.07) is 4.48. The normalized spacial score (nSPS) is 23.4. The van der Waals surface area contributed by atoms with Crippen molar-refractivity contribution < 1.29 is 0 Å². The third kappa shape index (κ3) is 1.50. The fraction of sp³-hybridized carbons (Fsp3) is 0.533. The highest BCUT2D eigenvalue weighted by molar-refractivity contribution is 5.83. The Morgan fingerprint density at radius 1 is 1.29 bits per heavy atom. The van der Waals surface area contributed by atoms with E-state index in [0.717, 1.165) is 11.3 Å². The molecule has 2 aromatic rings. The van der Waals surface area contributed by atoms with E-state index < -0.39 is 0 Å². The summed E-state index contributed by atoms with van der Waals surface area (Å²) in [4.78, 5) is 0. The molecule has 2 saturated carbocycles. The summed E-state index contributed by atoms with van der Waals surface area (Å²) in [5.74, 6) is 0.858. The van der Waals surface area contributed by atoms with Gasteiger partial charge in [-0.15, -0.1) is 0 Å². The molecule has 4 rings (SSSR count). The molecule has 1 atom stereocenters. The molecule has 1 spiro atoms. The zero-order valence-corrected chi connectivity index (χ0v) is 10.9. The molecule has 2 aliphatic carbocycles. The number of hydrogen-bond acceptors (Lipinski definition) is 1. The highest BCUT2D eigenvalue weighted by Crippen LogP contribution is 2.75. The lowest BCUT2D eigenvalue weighted by Crippen LogP contribution is -1.88. The first-order chi connectivity index (χ1) is 8.30. The summed E-state index contributed by atoms with van der Waals surface area (Å²) in [7, 11) is 0. The Morgan fingerprint density at radius 2 is 2.06 bits per heavy atom. The molecule has 1 aromatic heterocycles. The van der Waals surface area contributed by atoms with Crippen LogP contribution >= 0.6 is 0 Å². The third-order valence-electron chi connectivity index (χ3n) is 4.39. The number of rotatable bonds is 1. The Morgan fingerprint density at radius 3 is 2.71 bits per heavy atom. The van der Waals surface area contributed by atoms with Crippen LogP contribution in [0.2, 0.25) is 0 Å². The highest BCUT2D eigenvalue weighted by atomic mass is 15.1. The van der Waals surface area contributed by atoms with Crippen LogP contribution in [-0.4, -0.2) is 10.2 Å². The van der Waals surface area contributed by atoms with Crippen LogP contribution in [0.4, 0.5) is 0 Å². The summed E-state index contributed by atoms with van der Waals surface area (Å²) in [6.07, 6.45) is 6.30. The van der Waals surface area contributed by atoms with Crippen LogP contribution in [0.1, 0.15) is 50.2 Å². The van der Waals surface area contributed by atoms with Crippen molar-refractivity contribution >= 4 is 10.9 Å². The van der Waals surface area contributed by atoms with Gasteiger partial charge < -0.3 is 0 Å². The van der Waals surface area contributed by atoms with E-state index >= 15 is 0 Å². The number of fused-ring (bicyclic) bond motifs is 1. The molecule has 2 aliphatic rings. The zero-order chi connectivity index (χ0) is 12.0. The van der Waals surface area contributed by atoms with Gasteiger partial charge in [0.15, 0.2) is 0 Å². The van der Waals surface area contributed by atoms with E-state index in [0.29, 0.717) is 0 Å². The molecule has 90 valence electrons. The molecule has 17 heavy (non-hydrogen) atoms. The Balaban J connectivity index is 0.000000431. The number of aromatic nitrogens is 2. The van der Waals surface area contributed by atoms with Crippen molar-refractivity contribution in [3.05, 3.63) is 29.5 Å². The van der Waals surface area contributed by atoms with Crippen molar-refractivity contribution in [3.8, 4) is 0 Å². The number of aryl methyl sites for hydroxylation is 1. The molecule has 0 saturated heterocycles. The van der Waals surface area contributed by atoms with Gasteiger partial charge in [0.1, 0.15) is 0 Å². The van der Waals surface area contributed by atoms with E-state index in [9.17, 15) is 0 Å². The first-order valence-electron chi connectivity index (χ1n) is 6.73. The smallest absolute Gasteiger partial charge is 0.0653 e. The van der Waals surface area contributed by atoms with Crippen molar-refractivity contribution in [2.75, 3.05) is 0 Å². The molecular formula is C15H20N2. The quantitative estimate of drug-likeness (QED) is 0.780. The fourth-order valence-electron chi connectivity index (χ4n) is 3.05. The van der Waals surface area contributed by atoms with Gasteiger partial charge in [0, 0.05) is 5.39 Å². The molecule has 0 amide bonds. The minimum absolute atomic E-state index is 0.752. The summed E-state index contributed by atoms with van der Waals surface area (Å²) >= 11 is 0. The van der Waals surface area contributed by atoms with Crippen molar-refractivity contribution in [3.63, 3.8) is 0 Å². The molecule has 1 aromatic carbocycles. The average Bonchev–Trinajstić information content (AvgIpc) is 3.24. The Hall–Kier alpha value is -1.31. The van der Waals surface area contributed by atoms with Gasteiger partial charge >= 0.3 is 0 Å². The largest absolute Gasteiger partial charge is 0.278 e. The Kier molecular flexibility index (Phi) is 2.29. The topological polar surface area (TPSA) is 28.7 Å². The van der Waals surface area contributed by atoms with Crippen molar-refractivity contribution in [2.45, 2.75) is 46.0 Å². The van der Waals surface area contributed by atoms with Crippen LogP contribution in [0.15, 0.2) is 18.3 Å². The van der Waals surface area contributed by atoms with Crippen molar-refractivity contribution in [1.82, 2.24) is 10.2 Å². The van der Waals surface area contributed by atoms with Gasteiger partial charge in [-0.2, -0.15) is 5.10 Å². The summed E-state index contributed by atoms with van der Waals surface area (Å²) in [6.45, 7) is 6.24. The van der Waals surface area contributed by atoms with E-state index in [4.69, 9.17) is 0 Å². The first-order valence-corrected chi connectivity index (χ1v) is 6.73. The van der Waals surface area contributed by atoms with Gasteiger partial charge in [-0.1, -0.05) is 19.9 Å². The SMILES string of the molecule is CC.Cc1c(C2CC23CC3)ccc2[nH]ncc12. The molecule has 1 N–H and O–H groups in total. The fourth-order valence-corrected chi connectivity index (χ4v) is 3.05. The van der Waals surface area contributed by atoms with Gasteiger partial charge in [-0.05, 0) is 54.7 Å². The first kappa shape index (κ1) is 10.8. The average molecular weight is 228 g/mol. The second-order valence-corrected chi connectivity index (χ2v) is 5.23. The minimum Gasteiger partial charge on any atom is -0.278 e. The number of H-pyrrole nitrogens is 1. The van der Waals surface area contributed by atoms with Crippen LogP contribution in [0.25, 0.3) is 10.9 Å². The Labute approximate surface area is 102 Å². The minimum atomic E-state index is 0.752. The van der Waals surface area contributed by atoms with Crippen LogP contribution in [0.5, 0.6) is 0 Å². The molecule has 0 aliphatic heterocycles. The van der Waals surface area contributed by atoms with E-state index in [2.05, 4.69) is 29.3 Å². The number of nitrogens with one attached hydrogen (secondary N) is 1. The number of hydrogen-bond donors (Lipinski definition) is 1. The molecule has 0 radical (unpaired) electrons. The summed E-state index contributed by atoms with van der Waals surface area (Å²) in [5.41, 5.74) is 4.93. The molecule has 2 nitrogen and oxygen atoms in total. The molecule has 2 heteroatoms. The second-order valence-electron chi connectivity index (χ2n) is 5.23. The molecule has 2 fully saturated rings. The van der Waals surface area contributed by atoms with Gasteiger partial charge in [0.25, 0.3) is 0 Å². The van der Waals surface area contributed by atoms with Crippen molar-refractivity contribution in [2.24, 2.45) is 5.41 Å². The van der Waals surface area contributed by atoms with Gasteiger partial charge in [0.05, 0.1) is 11.7 Å². The lowest BCUT2D eigenvalue weighted by Gasteiger charge is -2.05. The summed E-state index contributed by atoms with van der Waals surface area (Å²) in [5, 5.41) is 8.44. The van der Waals surface area contributed by atoms with E-state index in [1.165, 1.54) is 35.7 Å². The predicted octanol–water partition coefficient (Wildman–Crippen LogP) is 4.17. The lowest BCUT2D eigenvalue weighted by molar-refractivity contribution is 0.837. The lowest BCUT2D eigenvalue weighted by atomic mass is 9.99. The van der Waals surface area contributed by atoms with Gasteiger partial charge in [-0.3, -0.25) is 5.10 Å². The second kappa shape index (κ2) is 3.59. The number of benzene rings is 1. The van der Waals surface area contributed by atoms with Gasteiger partial charge in [-0.25, -0.2) is 0 Å².